The van der Waals surface area contributed by atoms with Crippen LogP contribution < -0.4 is 10.9 Å². The summed E-state index contributed by atoms with van der Waals surface area (Å²) in [6, 6.07) is 7.85. The molecule has 176 valence electrons. The van der Waals surface area contributed by atoms with Gasteiger partial charge >= 0.3 is 0 Å². The minimum absolute atomic E-state index is 0.0323. The van der Waals surface area contributed by atoms with Crippen molar-refractivity contribution in [3.63, 3.8) is 0 Å². The lowest BCUT2D eigenvalue weighted by molar-refractivity contribution is -0.116. The van der Waals surface area contributed by atoms with Crippen molar-refractivity contribution in [1.29, 1.82) is 0 Å². The predicted molar refractivity (Wildman–Crippen MR) is 136 cm³/mol. The molecule has 1 amide bonds. The van der Waals surface area contributed by atoms with Crippen LogP contribution in [0.15, 0.2) is 29.1 Å². The first-order chi connectivity index (χ1) is 15.9. The van der Waals surface area contributed by atoms with Crippen molar-refractivity contribution < 1.29 is 4.79 Å². The molecule has 33 heavy (non-hydrogen) atoms. The molecule has 0 unspecified atom stereocenters. The van der Waals surface area contributed by atoms with E-state index in [-0.39, 0.29) is 23.9 Å². The highest BCUT2D eigenvalue weighted by Gasteiger charge is 2.23. The summed E-state index contributed by atoms with van der Waals surface area (Å²) in [6.45, 7) is 10.7. The van der Waals surface area contributed by atoms with Crippen LogP contribution in [0, 0.1) is 0 Å². The van der Waals surface area contributed by atoms with Crippen LogP contribution in [-0.2, 0) is 30.7 Å². The van der Waals surface area contributed by atoms with Gasteiger partial charge in [-0.05, 0) is 61.9 Å². The van der Waals surface area contributed by atoms with E-state index in [1.807, 2.05) is 24.3 Å². The Morgan fingerprint density at radius 1 is 1.18 bits per heavy atom. The van der Waals surface area contributed by atoms with Gasteiger partial charge < -0.3 is 5.32 Å². The summed E-state index contributed by atoms with van der Waals surface area (Å²) in [4.78, 5) is 36.2. The van der Waals surface area contributed by atoms with E-state index in [1.54, 1.807) is 15.9 Å². The van der Waals surface area contributed by atoms with E-state index < -0.39 is 0 Å². The van der Waals surface area contributed by atoms with Crippen LogP contribution >= 0.6 is 11.3 Å². The van der Waals surface area contributed by atoms with Gasteiger partial charge in [0.1, 0.15) is 17.2 Å². The van der Waals surface area contributed by atoms with Gasteiger partial charge in [0.15, 0.2) is 0 Å². The normalized spacial score (nSPS) is 13.6. The van der Waals surface area contributed by atoms with Crippen molar-refractivity contribution in [2.75, 3.05) is 18.4 Å². The fraction of sp³-hybridized carbons (Fsp3) is 0.500. The quantitative estimate of drug-likeness (QED) is 0.511. The van der Waals surface area contributed by atoms with Crippen LogP contribution in [0.5, 0.6) is 0 Å². The summed E-state index contributed by atoms with van der Waals surface area (Å²) in [6.07, 6.45) is 4.22. The lowest BCUT2D eigenvalue weighted by atomic mass is 9.97. The summed E-state index contributed by atoms with van der Waals surface area (Å²) >= 11 is 1.66. The van der Waals surface area contributed by atoms with Crippen LogP contribution in [0.2, 0.25) is 0 Å². The number of carbonyl (C=O) groups excluding carboxylic acids is 1. The van der Waals surface area contributed by atoms with Gasteiger partial charge in [-0.25, -0.2) is 4.98 Å². The summed E-state index contributed by atoms with van der Waals surface area (Å²) in [7, 11) is 0. The number of nitrogens with zero attached hydrogens (tertiary/aromatic N) is 3. The fourth-order valence-corrected chi connectivity index (χ4v) is 5.93. The van der Waals surface area contributed by atoms with Gasteiger partial charge in [0.25, 0.3) is 5.56 Å². The van der Waals surface area contributed by atoms with Crippen molar-refractivity contribution in [3.8, 4) is 0 Å². The number of nitrogens with one attached hydrogen (secondary N) is 1. The minimum atomic E-state index is -0.198. The monoisotopic (exact) mass is 466 g/mol. The van der Waals surface area contributed by atoms with E-state index in [1.165, 1.54) is 4.88 Å². The fourth-order valence-electron chi connectivity index (χ4n) is 4.66. The molecule has 1 aromatic carbocycles. The second-order valence-corrected chi connectivity index (χ2v) is 10.1. The molecule has 0 atom stereocenters. The van der Waals surface area contributed by atoms with Crippen LogP contribution in [0.4, 0.5) is 5.69 Å². The predicted octanol–water partition coefficient (Wildman–Crippen LogP) is 4.94. The van der Waals surface area contributed by atoms with Crippen LogP contribution in [-0.4, -0.2) is 33.4 Å². The van der Waals surface area contributed by atoms with Crippen molar-refractivity contribution in [2.24, 2.45) is 0 Å². The van der Waals surface area contributed by atoms with Gasteiger partial charge in [-0.15, -0.1) is 11.3 Å². The number of fused-ring (bicyclic) bond motifs is 3. The molecular formula is C26H34N4O2S. The maximum atomic E-state index is 13.7. The van der Waals surface area contributed by atoms with Crippen LogP contribution in [0.1, 0.15) is 68.3 Å². The molecule has 7 heteroatoms. The average Bonchev–Trinajstić information content (AvgIpc) is 3.18. The lowest BCUT2D eigenvalue weighted by Gasteiger charge is -2.21. The van der Waals surface area contributed by atoms with Gasteiger partial charge in [-0.3, -0.25) is 19.1 Å². The van der Waals surface area contributed by atoms with Gasteiger partial charge in [0, 0.05) is 10.6 Å². The number of anilines is 1. The molecule has 0 spiro atoms. The Labute approximate surface area is 199 Å². The van der Waals surface area contributed by atoms with Crippen molar-refractivity contribution >= 4 is 33.1 Å². The van der Waals surface area contributed by atoms with E-state index in [4.69, 9.17) is 4.98 Å². The second-order valence-electron chi connectivity index (χ2n) is 9.06. The maximum absolute atomic E-state index is 13.7. The Hall–Kier alpha value is -2.51. The van der Waals surface area contributed by atoms with E-state index >= 15 is 0 Å². The zero-order valence-electron chi connectivity index (χ0n) is 20.1. The Morgan fingerprint density at radius 3 is 2.64 bits per heavy atom. The second kappa shape index (κ2) is 10.2. The molecular weight excluding hydrogens is 432 g/mol. The number of aryl methyl sites for hydroxylation is 2. The zero-order chi connectivity index (χ0) is 23.5. The van der Waals surface area contributed by atoms with Crippen molar-refractivity contribution in [1.82, 2.24) is 14.5 Å². The molecule has 0 saturated heterocycles. The van der Waals surface area contributed by atoms with E-state index in [2.05, 4.69) is 37.9 Å². The molecule has 1 aliphatic carbocycles. The summed E-state index contributed by atoms with van der Waals surface area (Å²) in [5.74, 6) is 0.760. The molecule has 1 aliphatic rings. The Bertz CT molecular complexity index is 1210. The van der Waals surface area contributed by atoms with Crippen molar-refractivity contribution in [2.45, 2.75) is 72.4 Å². The molecule has 0 bridgehead atoms. The van der Waals surface area contributed by atoms with Gasteiger partial charge in [-0.1, -0.05) is 45.9 Å². The van der Waals surface area contributed by atoms with Crippen molar-refractivity contribution in [3.05, 3.63) is 56.4 Å². The third-order valence-corrected chi connectivity index (χ3v) is 7.76. The van der Waals surface area contributed by atoms with Gasteiger partial charge in [-0.2, -0.15) is 0 Å². The smallest absolute Gasteiger partial charge is 0.263 e. The third kappa shape index (κ3) is 4.89. The molecule has 2 aromatic heterocycles. The molecule has 3 aromatic rings. The highest BCUT2D eigenvalue weighted by molar-refractivity contribution is 7.18. The number of benzene rings is 1. The molecule has 0 fully saturated rings. The topological polar surface area (TPSA) is 67.2 Å². The number of thiophene rings is 1. The number of hydrogen-bond acceptors (Lipinski definition) is 5. The Kier molecular flexibility index (Phi) is 7.29. The lowest BCUT2D eigenvalue weighted by Crippen LogP contribution is -2.34. The standard InChI is InChI=1S/C26H34N4O2S/c1-5-29(6-2)15-22-28-25-24(19-12-8-10-14-21(19)33-25)26(32)30(22)16-23(31)27-20-13-9-7-11-18(20)17(3)4/h7,9,11,13,17H,5-6,8,10,12,14-16H2,1-4H3,(H,27,31). The zero-order valence-corrected chi connectivity index (χ0v) is 20.9. The molecule has 1 N–H and O–H groups in total. The molecule has 0 radical (unpaired) electrons. The highest BCUT2D eigenvalue weighted by Crippen LogP contribution is 2.34. The van der Waals surface area contributed by atoms with Gasteiger partial charge in [0.2, 0.25) is 5.91 Å². The number of rotatable bonds is 8. The summed E-state index contributed by atoms with van der Waals surface area (Å²) in [5, 5.41) is 3.77. The molecule has 6 nitrogen and oxygen atoms in total. The van der Waals surface area contributed by atoms with E-state index in [0.29, 0.717) is 12.4 Å². The minimum Gasteiger partial charge on any atom is -0.324 e. The number of carbonyl (C=O) groups is 1. The number of amides is 1. The number of para-hydroxylation sites is 1. The Morgan fingerprint density at radius 2 is 1.91 bits per heavy atom. The Balaban J connectivity index is 1.73. The average molecular weight is 467 g/mol. The highest BCUT2D eigenvalue weighted by atomic mass is 32.1. The molecule has 2 heterocycles. The first kappa shape index (κ1) is 23.6. The van der Waals surface area contributed by atoms with E-state index in [9.17, 15) is 9.59 Å². The molecule has 0 saturated carbocycles. The number of aromatic nitrogens is 2. The first-order valence-corrected chi connectivity index (χ1v) is 12.9. The summed E-state index contributed by atoms with van der Waals surface area (Å²) in [5.41, 5.74) is 2.97. The molecule has 0 aliphatic heterocycles. The largest absolute Gasteiger partial charge is 0.324 e. The first-order valence-electron chi connectivity index (χ1n) is 12.1. The molecule has 4 rings (SSSR count). The SMILES string of the molecule is CCN(CC)Cc1nc2sc3c(c2c(=O)n1CC(=O)Nc1ccccc1C(C)C)CCCC3. The maximum Gasteiger partial charge on any atom is 0.263 e. The third-order valence-electron chi connectivity index (χ3n) is 6.57. The summed E-state index contributed by atoms with van der Waals surface area (Å²) < 4.78 is 1.61. The number of hydrogen-bond donors (Lipinski definition) is 1. The van der Waals surface area contributed by atoms with E-state index in [0.717, 1.165) is 65.8 Å². The van der Waals surface area contributed by atoms with Crippen LogP contribution in [0.25, 0.3) is 10.2 Å². The van der Waals surface area contributed by atoms with Crippen LogP contribution in [0.3, 0.4) is 0 Å². The van der Waals surface area contributed by atoms with Gasteiger partial charge in [0.05, 0.1) is 11.9 Å².